The van der Waals surface area contributed by atoms with E-state index in [4.69, 9.17) is 0 Å². The number of carbonyl (C=O) groups is 3. The number of ketones is 1. The average Bonchev–Trinajstić information content (AvgIpc) is 2.46. The molecule has 1 aromatic carbocycles. The van der Waals surface area contributed by atoms with Gasteiger partial charge in [-0.05, 0) is 24.0 Å². The van der Waals surface area contributed by atoms with Crippen LogP contribution in [0.4, 0.5) is 10.1 Å². The number of allylic oxidation sites excluding steroid dienone is 1. The van der Waals surface area contributed by atoms with Crippen LogP contribution in [0.15, 0.2) is 35.5 Å². The van der Waals surface area contributed by atoms with Gasteiger partial charge in [0.25, 0.3) is 0 Å². The number of anilines is 1. The highest BCUT2D eigenvalue weighted by Gasteiger charge is 2.42. The Balaban J connectivity index is 1.92. The number of hydrogen-bond acceptors (Lipinski definition) is 3. The summed E-state index contributed by atoms with van der Waals surface area (Å²) in [6.45, 7) is 3.90. The lowest BCUT2D eigenvalue weighted by Gasteiger charge is -2.37. The molecule has 0 saturated carbocycles. The molecule has 1 aliphatic carbocycles. The van der Waals surface area contributed by atoms with Gasteiger partial charge in [0.05, 0.1) is 11.6 Å². The Morgan fingerprint density at radius 2 is 1.96 bits per heavy atom. The van der Waals surface area contributed by atoms with E-state index in [2.05, 4.69) is 10.6 Å². The minimum Gasteiger partial charge on any atom is -0.329 e. The topological polar surface area (TPSA) is 75.3 Å². The van der Waals surface area contributed by atoms with Gasteiger partial charge < -0.3 is 10.6 Å². The van der Waals surface area contributed by atoms with Crippen LogP contribution in [0.25, 0.3) is 0 Å². The number of carbonyl (C=O) groups excluding carboxylic acids is 3. The summed E-state index contributed by atoms with van der Waals surface area (Å²) < 4.78 is 13.7. The van der Waals surface area contributed by atoms with Crippen LogP contribution in [0, 0.1) is 17.2 Å². The zero-order valence-corrected chi connectivity index (χ0v) is 13.6. The molecule has 126 valence electrons. The Kier molecular flexibility index (Phi) is 3.99. The van der Waals surface area contributed by atoms with E-state index in [1.165, 1.54) is 18.2 Å². The molecule has 0 bridgehead atoms. The molecule has 2 N–H and O–H groups in total. The number of rotatable bonds is 2. The zero-order valence-electron chi connectivity index (χ0n) is 13.6. The van der Waals surface area contributed by atoms with Crippen LogP contribution in [-0.2, 0) is 14.4 Å². The number of benzene rings is 1. The third kappa shape index (κ3) is 3.09. The molecule has 6 heteroatoms. The minimum atomic E-state index is -0.878. The highest BCUT2D eigenvalue weighted by Crippen LogP contribution is 2.40. The summed E-state index contributed by atoms with van der Waals surface area (Å²) in [6.07, 6.45) is 0.750. The number of Topliss-reactive ketones (excluding diaryl/α,β-unsaturated/α-hetero) is 1. The van der Waals surface area contributed by atoms with Gasteiger partial charge in [0.2, 0.25) is 11.8 Å². The molecule has 0 aromatic heterocycles. The van der Waals surface area contributed by atoms with Crippen LogP contribution < -0.4 is 10.6 Å². The number of hydrogen-bond donors (Lipinski definition) is 2. The zero-order chi connectivity index (χ0) is 17.5. The van der Waals surface area contributed by atoms with E-state index < -0.39 is 17.6 Å². The standard InChI is InChI=1S/C18H19FN2O3/c1-18(2)8-13-16(14(22)9-18)10(7-15(23)20-13)17(24)21-12-6-4-3-5-11(12)19/h3-6,10H,7-9H2,1-2H3,(H,20,23)(H,21,24)/t10-/m1/s1. The van der Waals surface area contributed by atoms with Gasteiger partial charge in [0.1, 0.15) is 5.82 Å². The van der Waals surface area contributed by atoms with Gasteiger partial charge in [-0.2, -0.15) is 0 Å². The molecular weight excluding hydrogens is 311 g/mol. The van der Waals surface area contributed by atoms with Gasteiger partial charge >= 0.3 is 0 Å². The maximum Gasteiger partial charge on any atom is 0.232 e. The van der Waals surface area contributed by atoms with Crippen molar-refractivity contribution >= 4 is 23.3 Å². The average molecular weight is 330 g/mol. The van der Waals surface area contributed by atoms with Crippen molar-refractivity contribution in [2.24, 2.45) is 11.3 Å². The maximum atomic E-state index is 13.7. The van der Waals surface area contributed by atoms with Crippen LogP contribution in [0.2, 0.25) is 0 Å². The Morgan fingerprint density at radius 1 is 1.25 bits per heavy atom. The number of nitrogens with one attached hydrogen (secondary N) is 2. The van der Waals surface area contributed by atoms with E-state index in [9.17, 15) is 18.8 Å². The van der Waals surface area contributed by atoms with Gasteiger partial charge in [-0.1, -0.05) is 26.0 Å². The molecular formula is C18H19FN2O3. The molecule has 1 atom stereocenters. The van der Waals surface area contributed by atoms with E-state index in [0.29, 0.717) is 24.1 Å². The second kappa shape index (κ2) is 5.85. The Bertz CT molecular complexity index is 767. The van der Waals surface area contributed by atoms with Crippen molar-refractivity contribution in [3.63, 3.8) is 0 Å². The summed E-state index contributed by atoms with van der Waals surface area (Å²) in [5.41, 5.74) is 0.677. The van der Waals surface area contributed by atoms with Crippen molar-refractivity contribution in [2.45, 2.75) is 33.1 Å². The molecule has 0 radical (unpaired) electrons. The fourth-order valence-corrected chi connectivity index (χ4v) is 3.36. The summed E-state index contributed by atoms with van der Waals surface area (Å²) >= 11 is 0. The molecule has 0 saturated heterocycles. The van der Waals surface area contributed by atoms with Crippen LogP contribution in [0.5, 0.6) is 0 Å². The maximum absolute atomic E-state index is 13.7. The third-order valence-corrected chi connectivity index (χ3v) is 4.40. The van der Waals surface area contributed by atoms with Crippen molar-refractivity contribution in [3.8, 4) is 0 Å². The van der Waals surface area contributed by atoms with Crippen molar-refractivity contribution in [3.05, 3.63) is 41.4 Å². The monoisotopic (exact) mass is 330 g/mol. The summed E-state index contributed by atoms with van der Waals surface area (Å²) in [6, 6.07) is 5.80. The molecule has 2 aliphatic rings. The highest BCUT2D eigenvalue weighted by molar-refractivity contribution is 6.09. The van der Waals surface area contributed by atoms with Crippen LogP contribution in [-0.4, -0.2) is 17.6 Å². The van der Waals surface area contributed by atoms with Crippen LogP contribution in [0.3, 0.4) is 0 Å². The molecule has 1 aliphatic heterocycles. The lowest BCUT2D eigenvalue weighted by Crippen LogP contribution is -2.44. The molecule has 1 heterocycles. The lowest BCUT2D eigenvalue weighted by atomic mass is 9.71. The first-order valence-electron chi connectivity index (χ1n) is 7.88. The first-order chi connectivity index (χ1) is 11.3. The molecule has 1 aromatic rings. The lowest BCUT2D eigenvalue weighted by molar-refractivity contribution is -0.129. The smallest absolute Gasteiger partial charge is 0.232 e. The summed E-state index contributed by atoms with van der Waals surface area (Å²) in [7, 11) is 0. The van der Waals surface area contributed by atoms with Crippen LogP contribution in [0.1, 0.15) is 33.1 Å². The SMILES string of the molecule is CC1(C)CC(=O)C2=C(C1)NC(=O)C[C@H]2C(=O)Nc1ccccc1F. The van der Waals surface area contributed by atoms with Crippen molar-refractivity contribution in [1.82, 2.24) is 5.32 Å². The highest BCUT2D eigenvalue weighted by atomic mass is 19.1. The van der Waals surface area contributed by atoms with Gasteiger partial charge in [0.15, 0.2) is 5.78 Å². The van der Waals surface area contributed by atoms with Gasteiger partial charge in [-0.3, -0.25) is 14.4 Å². The van der Waals surface area contributed by atoms with Gasteiger partial charge in [0, 0.05) is 24.1 Å². The van der Waals surface area contributed by atoms with Crippen molar-refractivity contribution in [2.75, 3.05) is 5.32 Å². The number of amides is 2. The largest absolute Gasteiger partial charge is 0.329 e. The fraction of sp³-hybridized carbons (Fsp3) is 0.389. The second-order valence-corrected chi connectivity index (χ2v) is 7.11. The Morgan fingerprint density at radius 3 is 2.67 bits per heavy atom. The Labute approximate surface area is 139 Å². The molecule has 0 spiro atoms. The summed E-state index contributed by atoms with van der Waals surface area (Å²) in [4.78, 5) is 37.1. The van der Waals surface area contributed by atoms with Crippen molar-refractivity contribution in [1.29, 1.82) is 0 Å². The second-order valence-electron chi connectivity index (χ2n) is 7.11. The molecule has 3 rings (SSSR count). The van der Waals surface area contributed by atoms with Gasteiger partial charge in [-0.25, -0.2) is 4.39 Å². The predicted octanol–water partition coefficient (Wildman–Crippen LogP) is 2.54. The first kappa shape index (κ1) is 16.4. The summed E-state index contributed by atoms with van der Waals surface area (Å²) in [5.74, 6) is -2.40. The number of halogens is 1. The molecule has 0 fully saturated rings. The van der Waals surface area contributed by atoms with Gasteiger partial charge in [-0.15, -0.1) is 0 Å². The minimum absolute atomic E-state index is 0.0409. The number of para-hydroxylation sites is 1. The third-order valence-electron chi connectivity index (χ3n) is 4.40. The van der Waals surface area contributed by atoms with E-state index in [1.54, 1.807) is 6.07 Å². The van der Waals surface area contributed by atoms with E-state index >= 15 is 0 Å². The van der Waals surface area contributed by atoms with Crippen molar-refractivity contribution < 1.29 is 18.8 Å². The van der Waals surface area contributed by atoms with E-state index in [-0.39, 0.29) is 29.2 Å². The molecule has 5 nitrogen and oxygen atoms in total. The predicted molar refractivity (Wildman–Crippen MR) is 86.3 cm³/mol. The van der Waals surface area contributed by atoms with Crippen LogP contribution >= 0.6 is 0 Å². The quantitative estimate of drug-likeness (QED) is 0.875. The first-order valence-corrected chi connectivity index (χ1v) is 7.88. The normalized spacial score (nSPS) is 22.7. The fourth-order valence-electron chi connectivity index (χ4n) is 3.36. The molecule has 2 amide bonds. The van der Waals surface area contributed by atoms with E-state index in [0.717, 1.165) is 0 Å². The van der Waals surface area contributed by atoms with E-state index in [1.807, 2.05) is 13.8 Å². The summed E-state index contributed by atoms with van der Waals surface area (Å²) in [5, 5.41) is 5.22. The molecule has 24 heavy (non-hydrogen) atoms. The Hall–Kier alpha value is -2.50. The molecule has 0 unspecified atom stereocenters.